The first-order valence-electron chi connectivity index (χ1n) is 9.14. The molecule has 0 spiro atoms. The Bertz CT molecular complexity index is 1000. The third kappa shape index (κ3) is 6.47. The third-order valence-corrected chi connectivity index (χ3v) is 4.01. The summed E-state index contributed by atoms with van der Waals surface area (Å²) in [5, 5.41) is 24.4. The summed E-state index contributed by atoms with van der Waals surface area (Å²) in [6.45, 7) is 1.98. The average molecular weight is 436 g/mol. The number of hydrogen-bond acceptors (Lipinski definition) is 8. The number of tetrazole rings is 1. The summed E-state index contributed by atoms with van der Waals surface area (Å²) in [6.07, 6.45) is -2.82. The Morgan fingerprint density at radius 3 is 2.55 bits per heavy atom. The molecule has 0 fully saturated rings. The number of halogens is 3. The van der Waals surface area contributed by atoms with Crippen molar-refractivity contribution in [2.45, 2.75) is 32.9 Å². The number of nitrogens with zero attached hydrogens (tertiary/aromatic N) is 6. The van der Waals surface area contributed by atoms with E-state index >= 15 is 0 Å². The second-order valence-electron chi connectivity index (χ2n) is 6.34. The second-order valence-corrected chi connectivity index (χ2v) is 6.34. The van der Waals surface area contributed by atoms with Crippen LogP contribution in [0.4, 0.5) is 13.2 Å². The van der Waals surface area contributed by atoms with Gasteiger partial charge in [0.25, 0.3) is 0 Å². The topological polar surface area (TPSA) is 108 Å². The van der Waals surface area contributed by atoms with E-state index in [9.17, 15) is 13.2 Å². The van der Waals surface area contributed by atoms with Crippen molar-refractivity contribution in [2.24, 2.45) is 5.16 Å². The summed E-state index contributed by atoms with van der Waals surface area (Å²) in [7, 11) is 0. The van der Waals surface area contributed by atoms with Crippen LogP contribution in [-0.4, -0.2) is 42.6 Å². The van der Waals surface area contributed by atoms with Gasteiger partial charge in [-0.25, -0.2) is 4.98 Å². The van der Waals surface area contributed by atoms with E-state index in [2.05, 4.69) is 25.6 Å². The molecule has 3 rings (SSSR count). The van der Waals surface area contributed by atoms with Crippen molar-refractivity contribution in [3.8, 4) is 5.88 Å². The van der Waals surface area contributed by atoms with Crippen molar-refractivity contribution >= 4 is 5.71 Å². The summed E-state index contributed by atoms with van der Waals surface area (Å²) in [6, 6.07) is 8.07. The summed E-state index contributed by atoms with van der Waals surface area (Å²) in [5.41, 5.74) is 1.08. The zero-order valence-corrected chi connectivity index (χ0v) is 16.5. The maximum atomic E-state index is 12.6. The summed E-state index contributed by atoms with van der Waals surface area (Å²) < 4.78 is 43.2. The van der Waals surface area contributed by atoms with Crippen LogP contribution in [0.2, 0.25) is 0 Å². The van der Waals surface area contributed by atoms with Gasteiger partial charge in [-0.1, -0.05) is 17.3 Å². The van der Waals surface area contributed by atoms with Gasteiger partial charge >= 0.3 is 6.18 Å². The molecule has 9 nitrogen and oxygen atoms in total. The van der Waals surface area contributed by atoms with E-state index < -0.39 is 11.7 Å². The highest BCUT2D eigenvalue weighted by atomic mass is 19.4. The lowest BCUT2D eigenvalue weighted by Gasteiger charge is -2.07. The molecule has 1 aromatic carbocycles. The Morgan fingerprint density at radius 1 is 1.13 bits per heavy atom. The van der Waals surface area contributed by atoms with Crippen LogP contribution < -0.4 is 4.74 Å². The molecule has 164 valence electrons. The van der Waals surface area contributed by atoms with Gasteiger partial charge in [0.1, 0.15) is 6.61 Å². The third-order valence-electron chi connectivity index (χ3n) is 4.01. The quantitative estimate of drug-likeness (QED) is 0.406. The standard InChI is InChI=1S/C19H19F3N6O3/c1-13(26-31-11-14-2-5-16(6-3-14)19(20,21)22)15-4-7-18(23-10-15)30-12-17-24-27-28(25-17)8-9-29/h2-7,10,29H,8-9,11-12H2,1H3/b26-13+. The number of aromatic nitrogens is 5. The summed E-state index contributed by atoms with van der Waals surface area (Å²) in [4.78, 5) is 10.7. The molecule has 3 aromatic rings. The normalized spacial score (nSPS) is 12.1. The first-order valence-corrected chi connectivity index (χ1v) is 9.14. The molecule has 0 unspecified atom stereocenters. The number of benzene rings is 1. The first kappa shape index (κ1) is 22.2. The van der Waals surface area contributed by atoms with E-state index in [0.717, 1.165) is 12.1 Å². The minimum atomic E-state index is -4.37. The van der Waals surface area contributed by atoms with E-state index in [1.807, 2.05) is 0 Å². The Balaban J connectivity index is 1.49. The van der Waals surface area contributed by atoms with Crippen LogP contribution in [-0.2, 0) is 30.8 Å². The maximum absolute atomic E-state index is 12.6. The second kappa shape index (κ2) is 9.98. The van der Waals surface area contributed by atoms with E-state index in [1.54, 1.807) is 25.3 Å². The van der Waals surface area contributed by atoms with Crippen LogP contribution >= 0.6 is 0 Å². The molecule has 0 saturated carbocycles. The van der Waals surface area contributed by atoms with Crippen LogP contribution in [0.25, 0.3) is 0 Å². The number of ether oxygens (including phenoxy) is 1. The van der Waals surface area contributed by atoms with E-state index in [0.29, 0.717) is 28.5 Å². The van der Waals surface area contributed by atoms with Crippen LogP contribution in [0.1, 0.15) is 29.4 Å². The number of aliphatic hydroxyl groups excluding tert-OH is 1. The van der Waals surface area contributed by atoms with Crippen LogP contribution in [0.15, 0.2) is 47.8 Å². The lowest BCUT2D eigenvalue weighted by molar-refractivity contribution is -0.137. The van der Waals surface area contributed by atoms with Gasteiger partial charge in [-0.05, 0) is 35.9 Å². The average Bonchev–Trinajstić information content (AvgIpc) is 3.20. The molecule has 31 heavy (non-hydrogen) atoms. The van der Waals surface area contributed by atoms with Gasteiger partial charge in [0.2, 0.25) is 11.7 Å². The zero-order valence-electron chi connectivity index (χ0n) is 16.5. The molecule has 0 radical (unpaired) electrons. The maximum Gasteiger partial charge on any atom is 0.416 e. The molecular formula is C19H19F3N6O3. The first-order chi connectivity index (χ1) is 14.8. The molecule has 0 aliphatic rings. The highest BCUT2D eigenvalue weighted by molar-refractivity contribution is 5.98. The number of alkyl halides is 3. The molecule has 0 aliphatic carbocycles. The molecule has 2 heterocycles. The SMILES string of the molecule is C/C(=N\OCc1ccc(C(F)(F)F)cc1)c1ccc(OCc2nnn(CCO)n2)nc1. The number of oxime groups is 1. The summed E-state index contributed by atoms with van der Waals surface area (Å²) >= 11 is 0. The van der Waals surface area contributed by atoms with Crippen LogP contribution in [0.3, 0.4) is 0 Å². The number of pyridine rings is 1. The fourth-order valence-electron chi connectivity index (χ4n) is 2.38. The Labute approximate surface area is 175 Å². The molecule has 0 amide bonds. The smallest absolute Gasteiger partial charge is 0.416 e. The molecule has 0 aliphatic heterocycles. The molecule has 0 atom stereocenters. The number of aliphatic hydroxyl groups is 1. The van der Waals surface area contributed by atoms with Gasteiger partial charge in [0.05, 0.1) is 24.4 Å². The Hall–Kier alpha value is -3.54. The fourth-order valence-corrected chi connectivity index (χ4v) is 2.38. The lowest BCUT2D eigenvalue weighted by atomic mass is 10.1. The zero-order chi connectivity index (χ0) is 22.3. The molecule has 0 bridgehead atoms. The van der Waals surface area contributed by atoms with Crippen molar-refractivity contribution < 1.29 is 27.9 Å². The Morgan fingerprint density at radius 2 is 1.90 bits per heavy atom. The van der Waals surface area contributed by atoms with Crippen molar-refractivity contribution in [3.05, 3.63) is 65.1 Å². The predicted octanol–water partition coefficient (Wildman–Crippen LogP) is 2.60. The van der Waals surface area contributed by atoms with Crippen molar-refractivity contribution in [1.29, 1.82) is 0 Å². The van der Waals surface area contributed by atoms with E-state index in [4.69, 9.17) is 14.7 Å². The van der Waals surface area contributed by atoms with Crippen LogP contribution in [0.5, 0.6) is 5.88 Å². The van der Waals surface area contributed by atoms with E-state index in [-0.39, 0.29) is 26.4 Å². The monoisotopic (exact) mass is 436 g/mol. The number of hydrogen-bond donors (Lipinski definition) is 1. The van der Waals surface area contributed by atoms with Crippen molar-refractivity contribution in [3.63, 3.8) is 0 Å². The fraction of sp³-hybridized carbons (Fsp3) is 0.316. The van der Waals surface area contributed by atoms with Gasteiger partial charge in [0, 0.05) is 17.8 Å². The van der Waals surface area contributed by atoms with Gasteiger partial charge in [-0.3, -0.25) is 0 Å². The van der Waals surface area contributed by atoms with Crippen LogP contribution in [0, 0.1) is 0 Å². The molecule has 0 saturated heterocycles. The lowest BCUT2D eigenvalue weighted by Crippen LogP contribution is -2.06. The largest absolute Gasteiger partial charge is 0.469 e. The minimum absolute atomic E-state index is 0.0358. The highest BCUT2D eigenvalue weighted by Gasteiger charge is 2.29. The minimum Gasteiger partial charge on any atom is -0.469 e. The molecule has 1 N–H and O–H groups in total. The molecule has 2 aromatic heterocycles. The van der Waals surface area contributed by atoms with Crippen molar-refractivity contribution in [2.75, 3.05) is 6.61 Å². The van der Waals surface area contributed by atoms with Gasteiger partial charge in [-0.2, -0.15) is 18.0 Å². The van der Waals surface area contributed by atoms with Gasteiger partial charge < -0.3 is 14.7 Å². The van der Waals surface area contributed by atoms with E-state index in [1.165, 1.54) is 16.9 Å². The predicted molar refractivity (Wildman–Crippen MR) is 102 cm³/mol. The molecule has 12 heteroatoms. The van der Waals surface area contributed by atoms with Gasteiger partial charge in [-0.15, -0.1) is 10.2 Å². The van der Waals surface area contributed by atoms with Crippen molar-refractivity contribution in [1.82, 2.24) is 25.2 Å². The summed E-state index contributed by atoms with van der Waals surface area (Å²) in [5.74, 6) is 0.703. The number of rotatable bonds is 9. The van der Waals surface area contributed by atoms with Gasteiger partial charge in [0.15, 0.2) is 6.61 Å². The molecular weight excluding hydrogens is 417 g/mol. The Kier molecular flexibility index (Phi) is 7.13. The highest BCUT2D eigenvalue weighted by Crippen LogP contribution is 2.29.